The number of benzene rings is 2. The van der Waals surface area contributed by atoms with Gasteiger partial charge in [-0.25, -0.2) is 8.78 Å². The van der Waals surface area contributed by atoms with E-state index in [1.807, 2.05) is 18.2 Å². The summed E-state index contributed by atoms with van der Waals surface area (Å²) in [6.07, 6.45) is 0. The Labute approximate surface area is 149 Å². The summed E-state index contributed by atoms with van der Waals surface area (Å²) in [6.45, 7) is 0. The molecule has 2 aromatic rings. The van der Waals surface area contributed by atoms with Crippen molar-refractivity contribution in [1.82, 2.24) is 0 Å². The molecule has 0 heterocycles. The number of nitrogens with one attached hydrogen (secondary N) is 1. The van der Waals surface area contributed by atoms with Gasteiger partial charge in [-0.1, -0.05) is 12.1 Å². The maximum absolute atomic E-state index is 13.9. The fourth-order valence-electron chi connectivity index (χ4n) is 2.20. The molecule has 1 N–H and O–H groups in total. The second-order valence-electron chi connectivity index (χ2n) is 5.53. The Bertz CT molecular complexity index is 778. The zero-order valence-electron chi connectivity index (χ0n) is 13.8. The van der Waals surface area contributed by atoms with Crippen molar-refractivity contribution in [3.8, 4) is 6.07 Å². The van der Waals surface area contributed by atoms with Gasteiger partial charge >= 0.3 is 0 Å². The lowest BCUT2D eigenvalue weighted by atomic mass is 10.2. The molecule has 0 aliphatic heterocycles. The smallest absolute Gasteiger partial charge is 0.234 e. The number of thioether (sulfide) groups is 1. The molecule has 7 heteroatoms. The fourth-order valence-corrected chi connectivity index (χ4v) is 2.99. The van der Waals surface area contributed by atoms with Crippen molar-refractivity contribution in [2.45, 2.75) is 5.75 Å². The second kappa shape index (κ2) is 8.49. The number of rotatable bonds is 6. The molecule has 0 bridgehead atoms. The highest BCUT2D eigenvalue weighted by Crippen LogP contribution is 2.25. The molecule has 0 saturated heterocycles. The highest BCUT2D eigenvalue weighted by atomic mass is 32.2. The molecule has 0 aliphatic rings. The van der Waals surface area contributed by atoms with Gasteiger partial charge in [0.2, 0.25) is 5.91 Å². The Morgan fingerprint density at radius 3 is 2.32 bits per heavy atom. The van der Waals surface area contributed by atoms with Gasteiger partial charge in [-0.15, -0.1) is 11.8 Å². The third-order valence-corrected chi connectivity index (χ3v) is 4.34. The van der Waals surface area contributed by atoms with Gasteiger partial charge in [0.05, 0.1) is 17.4 Å². The molecule has 0 atom stereocenters. The lowest BCUT2D eigenvalue weighted by molar-refractivity contribution is -0.113. The Balaban J connectivity index is 1.89. The largest absolute Gasteiger partial charge is 0.373 e. The number of hydrogen-bond donors (Lipinski definition) is 1. The zero-order valence-corrected chi connectivity index (χ0v) is 14.7. The van der Waals surface area contributed by atoms with E-state index in [2.05, 4.69) is 5.32 Å². The summed E-state index contributed by atoms with van der Waals surface area (Å²) in [5.41, 5.74) is 1.51. The van der Waals surface area contributed by atoms with Crippen LogP contribution in [0.3, 0.4) is 0 Å². The highest BCUT2D eigenvalue weighted by Gasteiger charge is 2.14. The van der Waals surface area contributed by atoms with Gasteiger partial charge in [-0.2, -0.15) is 5.26 Å². The quantitative estimate of drug-likeness (QED) is 0.851. The van der Waals surface area contributed by atoms with Crippen LogP contribution < -0.4 is 10.2 Å². The molecule has 4 nitrogen and oxygen atoms in total. The van der Waals surface area contributed by atoms with Gasteiger partial charge in [0.1, 0.15) is 5.69 Å². The summed E-state index contributed by atoms with van der Waals surface area (Å²) in [6, 6.07) is 11.3. The molecule has 0 aliphatic carbocycles. The number of halogens is 2. The number of nitriles is 1. The van der Waals surface area contributed by atoms with Crippen molar-refractivity contribution in [1.29, 1.82) is 5.26 Å². The maximum Gasteiger partial charge on any atom is 0.234 e. The molecule has 0 radical (unpaired) electrons. The normalized spacial score (nSPS) is 10.2. The molecule has 1 amide bonds. The summed E-state index contributed by atoms with van der Waals surface area (Å²) < 4.78 is 27.8. The van der Waals surface area contributed by atoms with E-state index >= 15 is 0 Å². The van der Waals surface area contributed by atoms with E-state index in [0.717, 1.165) is 17.7 Å². The van der Waals surface area contributed by atoms with Crippen molar-refractivity contribution in [3.05, 3.63) is 59.2 Å². The van der Waals surface area contributed by atoms with Crippen LogP contribution in [0, 0.1) is 23.0 Å². The number of hydrogen-bond acceptors (Lipinski definition) is 4. The molecule has 0 spiro atoms. The third-order valence-electron chi connectivity index (χ3n) is 3.33. The van der Waals surface area contributed by atoms with Gasteiger partial charge in [0, 0.05) is 25.5 Å². The van der Waals surface area contributed by atoms with Gasteiger partial charge in [-0.05, 0) is 29.8 Å². The van der Waals surface area contributed by atoms with E-state index in [0.29, 0.717) is 11.3 Å². The van der Waals surface area contributed by atoms with Gasteiger partial charge in [0.15, 0.2) is 11.6 Å². The van der Waals surface area contributed by atoms with Crippen molar-refractivity contribution in [2.24, 2.45) is 0 Å². The number of carbonyl (C=O) groups excluding carboxylic acids is 1. The molecule has 0 saturated carbocycles. The van der Waals surface area contributed by atoms with Crippen molar-refractivity contribution >= 4 is 29.0 Å². The Hall–Kier alpha value is -2.59. The summed E-state index contributed by atoms with van der Waals surface area (Å²) in [4.78, 5) is 13.3. The average molecular weight is 361 g/mol. The van der Waals surface area contributed by atoms with Crippen molar-refractivity contribution in [2.75, 3.05) is 30.1 Å². The van der Waals surface area contributed by atoms with E-state index < -0.39 is 11.6 Å². The first kappa shape index (κ1) is 18.7. The Morgan fingerprint density at radius 2 is 1.80 bits per heavy atom. The number of nitrogens with zero attached hydrogens (tertiary/aromatic N) is 2. The standard InChI is InChI=1S/C18H17F2N3OS/c1-23(2)18-15(19)7-14(8-16(18)20)22-17(24)11-25-10-13-5-3-12(9-21)4-6-13/h3-8H,10-11H2,1-2H3,(H,22,24). The molecule has 0 fully saturated rings. The summed E-state index contributed by atoms with van der Waals surface area (Å²) >= 11 is 1.37. The predicted octanol–water partition coefficient (Wildman–Crippen LogP) is 3.77. The monoisotopic (exact) mass is 361 g/mol. The molecule has 0 aromatic heterocycles. The number of amides is 1. The van der Waals surface area contributed by atoms with Crippen LogP contribution in [0.4, 0.5) is 20.2 Å². The fraction of sp³-hybridized carbons (Fsp3) is 0.222. The summed E-state index contributed by atoms with van der Waals surface area (Å²) in [5.74, 6) is -1.05. The number of anilines is 2. The van der Waals surface area contributed by atoms with Crippen LogP contribution in [-0.2, 0) is 10.5 Å². The van der Waals surface area contributed by atoms with E-state index in [1.165, 1.54) is 16.7 Å². The van der Waals surface area contributed by atoms with Crippen molar-refractivity contribution in [3.63, 3.8) is 0 Å². The van der Waals surface area contributed by atoms with Crippen LogP contribution in [0.25, 0.3) is 0 Å². The van der Waals surface area contributed by atoms with E-state index in [4.69, 9.17) is 5.26 Å². The first-order valence-electron chi connectivity index (χ1n) is 7.43. The minimum absolute atomic E-state index is 0.0876. The maximum atomic E-state index is 13.9. The summed E-state index contributed by atoms with van der Waals surface area (Å²) in [5, 5.41) is 11.2. The number of carbonyl (C=O) groups is 1. The molecule has 2 rings (SSSR count). The van der Waals surface area contributed by atoms with Crippen molar-refractivity contribution < 1.29 is 13.6 Å². The van der Waals surface area contributed by atoms with Crippen LogP contribution in [0.2, 0.25) is 0 Å². The Kier molecular flexibility index (Phi) is 6.37. The second-order valence-corrected chi connectivity index (χ2v) is 6.52. The van der Waals surface area contributed by atoms with Crippen LogP contribution in [-0.4, -0.2) is 25.8 Å². The van der Waals surface area contributed by atoms with Crippen LogP contribution in [0.5, 0.6) is 0 Å². The molecular formula is C18H17F2N3OS. The molecule has 25 heavy (non-hydrogen) atoms. The minimum Gasteiger partial charge on any atom is -0.373 e. The SMILES string of the molecule is CN(C)c1c(F)cc(NC(=O)CSCc2ccc(C#N)cc2)cc1F. The third kappa shape index (κ3) is 5.19. The molecular weight excluding hydrogens is 344 g/mol. The predicted molar refractivity (Wildman–Crippen MR) is 96.6 cm³/mol. The van der Waals surface area contributed by atoms with Gasteiger partial charge in [-0.3, -0.25) is 4.79 Å². The molecule has 130 valence electrons. The minimum atomic E-state index is -0.731. The van der Waals surface area contributed by atoms with E-state index in [9.17, 15) is 13.6 Å². The lowest BCUT2D eigenvalue weighted by Crippen LogP contribution is -2.16. The van der Waals surface area contributed by atoms with E-state index in [1.54, 1.807) is 26.2 Å². The average Bonchev–Trinajstić information content (AvgIpc) is 2.54. The lowest BCUT2D eigenvalue weighted by Gasteiger charge is -2.15. The van der Waals surface area contributed by atoms with Gasteiger partial charge < -0.3 is 10.2 Å². The topological polar surface area (TPSA) is 56.1 Å². The Morgan fingerprint density at radius 1 is 1.20 bits per heavy atom. The van der Waals surface area contributed by atoms with E-state index in [-0.39, 0.29) is 23.0 Å². The van der Waals surface area contributed by atoms with Crippen LogP contribution in [0.1, 0.15) is 11.1 Å². The first-order chi connectivity index (χ1) is 11.9. The molecule has 2 aromatic carbocycles. The van der Waals surface area contributed by atoms with Gasteiger partial charge in [0.25, 0.3) is 0 Å². The van der Waals surface area contributed by atoms with Crippen LogP contribution >= 0.6 is 11.8 Å². The highest BCUT2D eigenvalue weighted by molar-refractivity contribution is 7.99. The first-order valence-corrected chi connectivity index (χ1v) is 8.59. The zero-order chi connectivity index (χ0) is 18.4. The molecule has 0 unspecified atom stereocenters. The van der Waals surface area contributed by atoms with Crippen LogP contribution in [0.15, 0.2) is 36.4 Å². The summed E-state index contributed by atoms with van der Waals surface area (Å²) in [7, 11) is 3.08.